The summed E-state index contributed by atoms with van der Waals surface area (Å²) in [6.07, 6.45) is 1.57. The zero-order valence-electron chi connectivity index (χ0n) is 7.16. The van der Waals surface area contributed by atoms with Crippen LogP contribution in [0.4, 0.5) is 0 Å². The molecule has 0 N–H and O–H groups in total. The minimum absolute atomic E-state index is 0.633. The highest BCUT2D eigenvalue weighted by atomic mass is 35.5. The number of halogens is 1. The number of rotatable bonds is 4. The average Bonchev–Trinajstić information content (AvgIpc) is 2.13. The number of benzene rings is 1. The second kappa shape index (κ2) is 5.90. The zero-order valence-corrected chi connectivity index (χ0v) is 8.74. The van der Waals surface area contributed by atoms with Gasteiger partial charge in [-0.05, 0) is 30.4 Å². The molecule has 1 aromatic rings. The maximum absolute atomic E-state index is 8.33. The van der Waals surface area contributed by atoms with E-state index in [1.807, 2.05) is 24.3 Å². The fourth-order valence-corrected chi connectivity index (χ4v) is 2.06. The number of hydrogen-bond donors (Lipinski definition) is 0. The number of nitrogens with zero attached hydrogens (tertiary/aromatic N) is 1. The standard InChI is InChI=1S/C10H10ClNS/c11-9-4-3-5-10(8-9)13-7-2-1-6-12/h3-5,8H,1-2,7H2. The molecule has 1 nitrogen and oxygen atoms in total. The second-order valence-corrected chi connectivity index (χ2v) is 4.17. The van der Waals surface area contributed by atoms with Gasteiger partial charge in [-0.15, -0.1) is 11.8 Å². The van der Waals surface area contributed by atoms with Crippen molar-refractivity contribution in [1.29, 1.82) is 5.26 Å². The van der Waals surface area contributed by atoms with Gasteiger partial charge in [-0.25, -0.2) is 0 Å². The summed E-state index contributed by atoms with van der Waals surface area (Å²) >= 11 is 7.56. The van der Waals surface area contributed by atoms with Crippen molar-refractivity contribution in [2.75, 3.05) is 5.75 Å². The predicted molar refractivity (Wildman–Crippen MR) is 57.0 cm³/mol. The minimum atomic E-state index is 0.633. The van der Waals surface area contributed by atoms with Gasteiger partial charge in [0.2, 0.25) is 0 Å². The quantitative estimate of drug-likeness (QED) is 0.560. The molecule has 0 bridgehead atoms. The molecule has 0 aliphatic carbocycles. The highest BCUT2D eigenvalue weighted by molar-refractivity contribution is 7.99. The third kappa shape index (κ3) is 4.21. The van der Waals surface area contributed by atoms with Crippen molar-refractivity contribution in [3.8, 4) is 6.07 Å². The molecule has 0 unspecified atom stereocenters. The molecule has 0 radical (unpaired) electrons. The van der Waals surface area contributed by atoms with E-state index in [9.17, 15) is 0 Å². The molecule has 13 heavy (non-hydrogen) atoms. The lowest BCUT2D eigenvalue weighted by Gasteiger charge is -1.99. The Morgan fingerprint density at radius 1 is 1.46 bits per heavy atom. The first-order valence-electron chi connectivity index (χ1n) is 4.08. The average molecular weight is 212 g/mol. The van der Waals surface area contributed by atoms with E-state index in [4.69, 9.17) is 16.9 Å². The highest BCUT2D eigenvalue weighted by Crippen LogP contribution is 2.22. The van der Waals surface area contributed by atoms with Gasteiger partial charge in [0, 0.05) is 16.3 Å². The maximum atomic E-state index is 8.33. The van der Waals surface area contributed by atoms with E-state index >= 15 is 0 Å². The van der Waals surface area contributed by atoms with E-state index in [1.165, 1.54) is 4.90 Å². The van der Waals surface area contributed by atoms with Crippen LogP contribution in [0.25, 0.3) is 0 Å². The van der Waals surface area contributed by atoms with E-state index < -0.39 is 0 Å². The van der Waals surface area contributed by atoms with Crippen LogP contribution in [0.1, 0.15) is 12.8 Å². The van der Waals surface area contributed by atoms with Crippen LogP contribution in [0.5, 0.6) is 0 Å². The SMILES string of the molecule is N#CCCCSc1cccc(Cl)c1. The van der Waals surface area contributed by atoms with Crippen LogP contribution in [0.15, 0.2) is 29.2 Å². The molecular formula is C10H10ClNS. The predicted octanol–water partition coefficient (Wildman–Crippen LogP) is 3.74. The Bertz CT molecular complexity index is 306. The van der Waals surface area contributed by atoms with Crippen LogP contribution in [-0.4, -0.2) is 5.75 Å². The minimum Gasteiger partial charge on any atom is -0.198 e. The number of unbranched alkanes of at least 4 members (excludes halogenated alkanes) is 1. The second-order valence-electron chi connectivity index (χ2n) is 2.57. The van der Waals surface area contributed by atoms with Crippen LogP contribution in [0.3, 0.4) is 0 Å². The number of hydrogen-bond acceptors (Lipinski definition) is 2. The Kier molecular flexibility index (Phi) is 4.74. The van der Waals surface area contributed by atoms with E-state index in [1.54, 1.807) is 11.8 Å². The first kappa shape index (κ1) is 10.4. The van der Waals surface area contributed by atoms with Crippen molar-refractivity contribution in [2.24, 2.45) is 0 Å². The molecule has 0 fully saturated rings. The van der Waals surface area contributed by atoms with E-state index in [0.29, 0.717) is 6.42 Å². The molecule has 0 aliphatic heterocycles. The molecule has 1 aromatic carbocycles. The summed E-state index contributed by atoms with van der Waals surface area (Å²) in [7, 11) is 0. The lowest BCUT2D eigenvalue weighted by Crippen LogP contribution is -1.78. The van der Waals surface area contributed by atoms with Gasteiger partial charge >= 0.3 is 0 Å². The molecule has 0 spiro atoms. The smallest absolute Gasteiger partial charge is 0.0622 e. The van der Waals surface area contributed by atoms with Gasteiger partial charge in [-0.2, -0.15) is 5.26 Å². The highest BCUT2D eigenvalue weighted by Gasteiger charge is 1.94. The topological polar surface area (TPSA) is 23.8 Å². The largest absolute Gasteiger partial charge is 0.198 e. The third-order valence-electron chi connectivity index (χ3n) is 1.50. The van der Waals surface area contributed by atoms with Gasteiger partial charge in [-0.3, -0.25) is 0 Å². The van der Waals surface area contributed by atoms with Gasteiger partial charge in [0.25, 0.3) is 0 Å². The molecule has 3 heteroatoms. The van der Waals surface area contributed by atoms with Crippen molar-refractivity contribution < 1.29 is 0 Å². The third-order valence-corrected chi connectivity index (χ3v) is 2.81. The van der Waals surface area contributed by atoms with Crippen LogP contribution in [0.2, 0.25) is 5.02 Å². The van der Waals surface area contributed by atoms with E-state index in [-0.39, 0.29) is 0 Å². The molecule has 0 saturated heterocycles. The molecular weight excluding hydrogens is 202 g/mol. The lowest BCUT2D eigenvalue weighted by atomic mass is 10.4. The van der Waals surface area contributed by atoms with Crippen molar-refractivity contribution >= 4 is 23.4 Å². The van der Waals surface area contributed by atoms with Crippen molar-refractivity contribution in [2.45, 2.75) is 17.7 Å². The monoisotopic (exact) mass is 211 g/mol. The Morgan fingerprint density at radius 3 is 3.00 bits per heavy atom. The summed E-state index contributed by atoms with van der Waals surface area (Å²) in [6, 6.07) is 9.90. The summed E-state index contributed by atoms with van der Waals surface area (Å²) in [5.41, 5.74) is 0. The van der Waals surface area contributed by atoms with Crippen LogP contribution in [-0.2, 0) is 0 Å². The van der Waals surface area contributed by atoms with Crippen LogP contribution < -0.4 is 0 Å². The fraction of sp³-hybridized carbons (Fsp3) is 0.300. The summed E-state index contributed by atoms with van der Waals surface area (Å²) in [5.74, 6) is 0.980. The number of nitriles is 1. The summed E-state index contributed by atoms with van der Waals surface area (Å²) in [5, 5.41) is 9.10. The van der Waals surface area contributed by atoms with Crippen LogP contribution in [0, 0.1) is 11.3 Å². The molecule has 0 aliphatic rings. The summed E-state index contributed by atoms with van der Waals surface area (Å²) in [4.78, 5) is 1.17. The van der Waals surface area contributed by atoms with Gasteiger partial charge < -0.3 is 0 Å². The molecule has 0 atom stereocenters. The van der Waals surface area contributed by atoms with E-state index in [2.05, 4.69) is 6.07 Å². The molecule has 0 heterocycles. The first-order valence-corrected chi connectivity index (χ1v) is 5.44. The molecule has 68 valence electrons. The van der Waals surface area contributed by atoms with Gasteiger partial charge in [0.15, 0.2) is 0 Å². The number of thioether (sulfide) groups is 1. The van der Waals surface area contributed by atoms with Gasteiger partial charge in [-0.1, -0.05) is 17.7 Å². The summed E-state index contributed by atoms with van der Waals surface area (Å²) in [6.45, 7) is 0. The van der Waals surface area contributed by atoms with Gasteiger partial charge in [0.1, 0.15) is 0 Å². The van der Waals surface area contributed by atoms with Crippen LogP contribution >= 0.6 is 23.4 Å². The summed E-state index contributed by atoms with van der Waals surface area (Å²) < 4.78 is 0. The Morgan fingerprint density at radius 2 is 2.31 bits per heavy atom. The first-order chi connectivity index (χ1) is 6.33. The van der Waals surface area contributed by atoms with Crippen molar-refractivity contribution in [3.63, 3.8) is 0 Å². The molecule has 0 aromatic heterocycles. The fourth-order valence-electron chi connectivity index (χ4n) is 0.898. The van der Waals surface area contributed by atoms with E-state index in [0.717, 1.165) is 17.2 Å². The van der Waals surface area contributed by atoms with Crippen molar-refractivity contribution in [1.82, 2.24) is 0 Å². The Balaban J connectivity index is 2.33. The maximum Gasteiger partial charge on any atom is 0.0622 e. The zero-order chi connectivity index (χ0) is 9.52. The normalized spacial score (nSPS) is 9.54. The Hall–Kier alpha value is -0.650. The van der Waals surface area contributed by atoms with Gasteiger partial charge in [0.05, 0.1) is 6.07 Å². The molecule has 0 saturated carbocycles. The molecule has 1 rings (SSSR count). The lowest BCUT2D eigenvalue weighted by molar-refractivity contribution is 0.981. The van der Waals surface area contributed by atoms with Crippen molar-refractivity contribution in [3.05, 3.63) is 29.3 Å². The Labute approximate surface area is 87.7 Å². The molecule has 0 amide bonds.